The zero-order chi connectivity index (χ0) is 35.8. The summed E-state index contributed by atoms with van der Waals surface area (Å²) in [6.07, 6.45) is 4.39. The van der Waals surface area contributed by atoms with Gasteiger partial charge in [0, 0.05) is 38.9 Å². The van der Waals surface area contributed by atoms with E-state index in [2.05, 4.69) is 52.6 Å². The third-order valence-corrected chi connectivity index (χ3v) is 15.7. The zero-order valence-corrected chi connectivity index (χ0v) is 31.7. The molecule has 4 heterocycles. The van der Waals surface area contributed by atoms with Crippen molar-refractivity contribution >= 4 is 16.7 Å². The SMILES string of the molecule is CC(C)=CCOC(C)(C)[C@H]1OC2CC[C@@]3(C)[C@@](O)(CC[C@H]4Cc5c([nH]c6ccc7c(c56)C[C@H]5[C@@H](C7=O)C(C)(C)OC5(C)C)[C@@]43C)[C@]23O[C@@H]3[C@@H]1O. The van der Waals surface area contributed by atoms with Crippen molar-refractivity contribution in [2.75, 3.05) is 6.61 Å². The number of allylic oxidation sites excluding steroid dienone is 1. The molecule has 11 atom stereocenters. The highest BCUT2D eigenvalue weighted by Crippen LogP contribution is 2.75. The van der Waals surface area contributed by atoms with Gasteiger partial charge >= 0.3 is 0 Å². The van der Waals surface area contributed by atoms with Gasteiger partial charge in [-0.15, -0.1) is 0 Å². The maximum atomic E-state index is 14.2. The maximum absolute atomic E-state index is 14.2. The van der Waals surface area contributed by atoms with Gasteiger partial charge in [0.1, 0.15) is 23.9 Å². The molecule has 1 unspecified atom stereocenters. The maximum Gasteiger partial charge on any atom is 0.169 e. The second-order valence-corrected chi connectivity index (χ2v) is 19.4. The number of hydrogen-bond acceptors (Lipinski definition) is 7. The summed E-state index contributed by atoms with van der Waals surface area (Å²) in [6, 6.07) is 4.15. The van der Waals surface area contributed by atoms with E-state index in [-0.39, 0.29) is 29.1 Å². The van der Waals surface area contributed by atoms with Gasteiger partial charge in [0.05, 0.1) is 35.4 Å². The number of carbonyl (C=O) groups excluding carboxylic acids is 1. The monoisotopic (exact) mass is 687 g/mol. The molecule has 3 saturated heterocycles. The van der Waals surface area contributed by atoms with E-state index in [1.165, 1.54) is 27.8 Å². The van der Waals surface area contributed by atoms with Gasteiger partial charge in [0.25, 0.3) is 0 Å². The normalized spacial score (nSPS) is 44.7. The van der Waals surface area contributed by atoms with Crippen molar-refractivity contribution in [3.63, 3.8) is 0 Å². The van der Waals surface area contributed by atoms with Gasteiger partial charge in [-0.25, -0.2) is 0 Å². The number of nitrogens with one attached hydrogen (secondary N) is 1. The quantitative estimate of drug-likeness (QED) is 0.248. The molecule has 5 fully saturated rings. The van der Waals surface area contributed by atoms with Crippen LogP contribution < -0.4 is 0 Å². The van der Waals surface area contributed by atoms with Gasteiger partial charge in [0.15, 0.2) is 11.4 Å². The second-order valence-electron chi connectivity index (χ2n) is 19.4. The molecule has 1 spiro atoms. The molecule has 7 aliphatic rings. The first-order chi connectivity index (χ1) is 23.3. The number of Topliss-reactive ketones (excluding diaryl/α,β-unsaturated/α-hetero) is 1. The van der Waals surface area contributed by atoms with Crippen molar-refractivity contribution in [1.29, 1.82) is 0 Å². The lowest BCUT2D eigenvalue weighted by Crippen LogP contribution is -2.76. The van der Waals surface area contributed by atoms with E-state index in [0.717, 1.165) is 43.2 Å². The number of aromatic amines is 1. The number of hydrogen-bond donors (Lipinski definition) is 3. The number of aliphatic hydroxyl groups is 2. The number of carbonyl (C=O) groups is 1. The highest BCUT2D eigenvalue weighted by atomic mass is 16.7. The molecule has 2 saturated carbocycles. The van der Waals surface area contributed by atoms with Crippen LogP contribution in [0.1, 0.15) is 122 Å². The molecule has 0 bridgehead atoms. The van der Waals surface area contributed by atoms with Crippen molar-refractivity contribution in [3.05, 3.63) is 46.2 Å². The number of fused-ring (bicyclic) bond motifs is 10. The van der Waals surface area contributed by atoms with Crippen LogP contribution in [-0.2, 0) is 37.2 Å². The van der Waals surface area contributed by atoms with Crippen LogP contribution in [0.5, 0.6) is 0 Å². The number of rotatable bonds is 4. The first kappa shape index (κ1) is 33.7. The summed E-state index contributed by atoms with van der Waals surface area (Å²) in [7, 11) is 0. The molecule has 4 aliphatic carbocycles. The first-order valence-electron chi connectivity index (χ1n) is 19.2. The minimum absolute atomic E-state index is 0.109. The molecule has 272 valence electrons. The number of ether oxygens (including phenoxy) is 4. The fourth-order valence-corrected chi connectivity index (χ4v) is 13.1. The number of benzene rings is 1. The van der Waals surface area contributed by atoms with Gasteiger partial charge in [-0.2, -0.15) is 0 Å². The first-order valence-corrected chi connectivity index (χ1v) is 19.2. The fraction of sp³-hybridized carbons (Fsp3) is 0.738. The Balaban J connectivity index is 1.09. The Bertz CT molecular complexity index is 1850. The van der Waals surface area contributed by atoms with E-state index >= 15 is 0 Å². The van der Waals surface area contributed by atoms with E-state index in [4.69, 9.17) is 18.9 Å². The largest absolute Gasteiger partial charge is 0.387 e. The summed E-state index contributed by atoms with van der Waals surface area (Å²) in [4.78, 5) is 18.2. The molecule has 8 nitrogen and oxygen atoms in total. The Morgan fingerprint density at radius 1 is 1.04 bits per heavy atom. The molecule has 0 amide bonds. The number of H-pyrrole nitrogens is 1. The molecule has 50 heavy (non-hydrogen) atoms. The predicted octanol–water partition coefficient (Wildman–Crippen LogP) is 6.51. The fourth-order valence-electron chi connectivity index (χ4n) is 13.1. The molecule has 1 aromatic carbocycles. The van der Waals surface area contributed by atoms with E-state index in [1.54, 1.807) is 0 Å². The highest BCUT2D eigenvalue weighted by Gasteiger charge is 2.86. The smallest absolute Gasteiger partial charge is 0.169 e. The number of aliphatic hydroxyl groups excluding tert-OH is 1. The molecular weight excluding hydrogens is 630 g/mol. The molecule has 3 aliphatic heterocycles. The van der Waals surface area contributed by atoms with Crippen molar-refractivity contribution in [3.8, 4) is 0 Å². The molecule has 2 aromatic rings. The molecule has 9 rings (SSSR count). The van der Waals surface area contributed by atoms with Crippen LogP contribution >= 0.6 is 0 Å². The van der Waals surface area contributed by atoms with Crippen LogP contribution in [0.25, 0.3) is 10.9 Å². The summed E-state index contributed by atoms with van der Waals surface area (Å²) < 4.78 is 26.3. The Labute approximate surface area is 296 Å². The van der Waals surface area contributed by atoms with Gasteiger partial charge < -0.3 is 34.1 Å². The minimum atomic E-state index is -1.20. The van der Waals surface area contributed by atoms with E-state index < -0.39 is 51.7 Å². The van der Waals surface area contributed by atoms with Crippen LogP contribution in [0.3, 0.4) is 0 Å². The lowest BCUT2D eigenvalue weighted by atomic mass is 9.40. The van der Waals surface area contributed by atoms with Crippen molar-refractivity contribution < 1.29 is 34.0 Å². The van der Waals surface area contributed by atoms with Gasteiger partial charge in [-0.05, 0) is 123 Å². The van der Waals surface area contributed by atoms with Gasteiger partial charge in [-0.3, -0.25) is 4.79 Å². The predicted molar refractivity (Wildman–Crippen MR) is 190 cm³/mol. The third-order valence-electron chi connectivity index (χ3n) is 15.7. The Kier molecular flexibility index (Phi) is 6.69. The average Bonchev–Trinajstić information content (AvgIpc) is 3.52. The van der Waals surface area contributed by atoms with Gasteiger partial charge in [-0.1, -0.05) is 25.5 Å². The standard InChI is InChI=1S/C42H57NO7/c1-21(2)15-18-47-38(7,8)34-32(45)35-42(49-35)28(48-34)14-16-39(9)40(10)22(13-17-41(39,42)46)19-25-29-24-20-26-30(37(5,6)50-36(26,3)4)31(44)23(24)11-12-27(29)43-33(25)40/h11-12,15,22,26,28,30,32,34-35,43,45-46H,13-14,16-20H2,1-10H3/t22-,26-,28?,30-,32+,34-,35+,39+,40+,41-,42-/m0/s1. The topological polar surface area (TPSA) is 114 Å². The summed E-state index contributed by atoms with van der Waals surface area (Å²) in [5, 5.41) is 26.3. The molecule has 1 aromatic heterocycles. The molecule has 8 heteroatoms. The Hall–Kier alpha value is -2.07. The molecular formula is C42H57NO7. The van der Waals surface area contributed by atoms with Crippen LogP contribution in [0.4, 0.5) is 0 Å². The van der Waals surface area contributed by atoms with Crippen LogP contribution in [0.2, 0.25) is 0 Å². The lowest BCUT2D eigenvalue weighted by Gasteiger charge is -2.66. The number of aromatic nitrogens is 1. The van der Waals surface area contributed by atoms with Crippen LogP contribution in [0.15, 0.2) is 23.8 Å². The number of epoxide rings is 1. The Morgan fingerprint density at radius 3 is 2.50 bits per heavy atom. The van der Waals surface area contributed by atoms with Crippen LogP contribution in [0, 0.1) is 23.2 Å². The van der Waals surface area contributed by atoms with Crippen molar-refractivity contribution in [1.82, 2.24) is 4.98 Å². The Morgan fingerprint density at radius 2 is 1.78 bits per heavy atom. The van der Waals surface area contributed by atoms with E-state index in [9.17, 15) is 15.0 Å². The second kappa shape index (κ2) is 9.91. The van der Waals surface area contributed by atoms with Crippen molar-refractivity contribution in [2.24, 2.45) is 23.2 Å². The number of ketones is 1. The summed E-state index contributed by atoms with van der Waals surface area (Å²) in [5.41, 5.74) is 2.08. The summed E-state index contributed by atoms with van der Waals surface area (Å²) in [6.45, 7) is 21.6. The zero-order valence-electron chi connectivity index (χ0n) is 31.7. The minimum Gasteiger partial charge on any atom is -0.387 e. The van der Waals surface area contributed by atoms with Crippen LogP contribution in [-0.4, -0.2) is 80.0 Å². The lowest BCUT2D eigenvalue weighted by molar-refractivity contribution is -0.283. The van der Waals surface area contributed by atoms with Crippen molar-refractivity contribution in [2.45, 2.75) is 166 Å². The third kappa shape index (κ3) is 3.81. The van der Waals surface area contributed by atoms with E-state index in [0.29, 0.717) is 18.9 Å². The summed E-state index contributed by atoms with van der Waals surface area (Å²) in [5.74, 6) is 0.492. The van der Waals surface area contributed by atoms with Gasteiger partial charge in [0.2, 0.25) is 0 Å². The molecule has 0 radical (unpaired) electrons. The molecule has 3 N–H and O–H groups in total. The highest BCUT2D eigenvalue weighted by molar-refractivity contribution is 6.06. The summed E-state index contributed by atoms with van der Waals surface area (Å²) >= 11 is 0. The van der Waals surface area contributed by atoms with E-state index in [1.807, 2.05) is 39.8 Å². The average molecular weight is 688 g/mol.